The third kappa shape index (κ3) is 2.43. The molecule has 0 atom stereocenters. The van der Waals surface area contributed by atoms with Gasteiger partial charge in [-0.2, -0.15) is 5.10 Å². The maximum Gasteiger partial charge on any atom is 0.339 e. The number of carboxylic acids is 1. The summed E-state index contributed by atoms with van der Waals surface area (Å²) in [6.07, 6.45) is 1.38. The lowest BCUT2D eigenvalue weighted by Crippen LogP contribution is -2.11. The van der Waals surface area contributed by atoms with Gasteiger partial charge in [-0.1, -0.05) is 27.7 Å². The molecule has 0 spiro atoms. The fourth-order valence-corrected chi connectivity index (χ4v) is 1.90. The highest BCUT2D eigenvalue weighted by molar-refractivity contribution is 5.90. The minimum absolute atomic E-state index is 0.408. The van der Waals surface area contributed by atoms with Crippen molar-refractivity contribution in [3.63, 3.8) is 0 Å². The van der Waals surface area contributed by atoms with Crippen molar-refractivity contribution in [3.8, 4) is 0 Å². The van der Waals surface area contributed by atoms with Gasteiger partial charge in [0, 0.05) is 6.54 Å². The number of carboxylic acid groups (broad SMARTS) is 1. The first kappa shape index (κ1) is 12.7. The fourth-order valence-electron chi connectivity index (χ4n) is 1.90. The average molecular weight is 224 g/mol. The zero-order valence-electron chi connectivity index (χ0n) is 10.4. The van der Waals surface area contributed by atoms with Crippen molar-refractivity contribution in [1.82, 2.24) is 9.78 Å². The summed E-state index contributed by atoms with van der Waals surface area (Å²) >= 11 is 0. The highest BCUT2D eigenvalue weighted by Gasteiger charge is 2.21. The molecule has 0 aliphatic carbocycles. The van der Waals surface area contributed by atoms with Crippen LogP contribution < -0.4 is 0 Å². The molecule has 1 aromatic rings. The second kappa shape index (κ2) is 5.14. The molecule has 0 aromatic carbocycles. The summed E-state index contributed by atoms with van der Waals surface area (Å²) in [4.78, 5) is 11.2. The van der Waals surface area contributed by atoms with Crippen LogP contribution in [-0.4, -0.2) is 20.9 Å². The molecule has 1 N–H and O–H groups in total. The Morgan fingerprint density at radius 2 is 2.00 bits per heavy atom. The molecule has 4 nitrogen and oxygen atoms in total. The van der Waals surface area contributed by atoms with E-state index in [0.29, 0.717) is 30.0 Å². The predicted octanol–water partition coefficient (Wildman–Crippen LogP) is 2.36. The number of aromatic nitrogens is 2. The molecule has 0 saturated carbocycles. The summed E-state index contributed by atoms with van der Waals surface area (Å²) < 4.78 is 1.85. The molecule has 1 heterocycles. The molecule has 90 valence electrons. The number of aromatic carboxylic acids is 1. The van der Waals surface area contributed by atoms with Crippen LogP contribution in [0.15, 0.2) is 0 Å². The Morgan fingerprint density at radius 3 is 2.38 bits per heavy atom. The Morgan fingerprint density at radius 1 is 1.38 bits per heavy atom. The molecule has 0 unspecified atom stereocenters. The lowest BCUT2D eigenvalue weighted by Gasteiger charge is -2.08. The van der Waals surface area contributed by atoms with Crippen molar-refractivity contribution in [2.24, 2.45) is 5.92 Å². The topological polar surface area (TPSA) is 55.1 Å². The standard InChI is InChI=1S/C12H20N2O2/c1-5-9-11(12(15)16)10(6-2)14(13-9)7-8(3)4/h8H,5-7H2,1-4H3,(H,15,16). The minimum atomic E-state index is -0.858. The molecule has 0 radical (unpaired) electrons. The summed E-state index contributed by atoms with van der Waals surface area (Å²) in [5.74, 6) is -0.389. The fraction of sp³-hybridized carbons (Fsp3) is 0.667. The van der Waals surface area contributed by atoms with Gasteiger partial charge < -0.3 is 5.11 Å². The van der Waals surface area contributed by atoms with Crippen LogP contribution >= 0.6 is 0 Å². The first-order chi connectivity index (χ1) is 7.51. The van der Waals surface area contributed by atoms with Crippen molar-refractivity contribution >= 4 is 5.97 Å². The zero-order valence-corrected chi connectivity index (χ0v) is 10.4. The molecule has 0 bridgehead atoms. The number of aryl methyl sites for hydroxylation is 1. The summed E-state index contributed by atoms with van der Waals surface area (Å²) in [5.41, 5.74) is 1.95. The average Bonchev–Trinajstić information content (AvgIpc) is 2.54. The molecule has 0 amide bonds. The second-order valence-corrected chi connectivity index (χ2v) is 4.36. The number of hydrogen-bond acceptors (Lipinski definition) is 2. The van der Waals surface area contributed by atoms with E-state index >= 15 is 0 Å². The Labute approximate surface area is 96.3 Å². The van der Waals surface area contributed by atoms with E-state index in [1.807, 2.05) is 18.5 Å². The van der Waals surface area contributed by atoms with Crippen LogP contribution in [0.3, 0.4) is 0 Å². The van der Waals surface area contributed by atoms with E-state index in [1.165, 1.54) is 0 Å². The van der Waals surface area contributed by atoms with Gasteiger partial charge in [-0.15, -0.1) is 0 Å². The van der Waals surface area contributed by atoms with Gasteiger partial charge in [-0.05, 0) is 18.8 Å². The van der Waals surface area contributed by atoms with E-state index in [1.54, 1.807) is 0 Å². The number of rotatable bonds is 5. The minimum Gasteiger partial charge on any atom is -0.478 e. The monoisotopic (exact) mass is 224 g/mol. The van der Waals surface area contributed by atoms with Crippen LogP contribution in [-0.2, 0) is 19.4 Å². The van der Waals surface area contributed by atoms with Crippen molar-refractivity contribution in [3.05, 3.63) is 17.0 Å². The smallest absolute Gasteiger partial charge is 0.339 e. The summed E-state index contributed by atoms with van der Waals surface area (Å²) in [7, 11) is 0. The molecule has 0 saturated heterocycles. The summed E-state index contributed by atoms with van der Waals surface area (Å²) in [6.45, 7) is 8.90. The molecular weight excluding hydrogens is 204 g/mol. The molecule has 4 heteroatoms. The van der Waals surface area contributed by atoms with Crippen LogP contribution in [0.4, 0.5) is 0 Å². The molecule has 1 aromatic heterocycles. The normalized spacial score (nSPS) is 11.1. The van der Waals surface area contributed by atoms with E-state index in [0.717, 1.165) is 12.2 Å². The van der Waals surface area contributed by atoms with Gasteiger partial charge in [0.2, 0.25) is 0 Å². The summed E-state index contributed by atoms with van der Waals surface area (Å²) in [6, 6.07) is 0. The first-order valence-electron chi connectivity index (χ1n) is 5.83. The molecule has 0 fully saturated rings. The van der Waals surface area contributed by atoms with E-state index in [2.05, 4.69) is 18.9 Å². The molecular formula is C12H20N2O2. The van der Waals surface area contributed by atoms with Gasteiger partial charge in [0.05, 0.1) is 11.4 Å². The Hall–Kier alpha value is -1.32. The van der Waals surface area contributed by atoms with Gasteiger partial charge in [0.1, 0.15) is 5.56 Å². The third-order valence-corrected chi connectivity index (χ3v) is 2.55. The number of carbonyl (C=O) groups is 1. The van der Waals surface area contributed by atoms with Crippen molar-refractivity contribution in [2.75, 3.05) is 0 Å². The maximum atomic E-state index is 11.2. The Bertz CT molecular complexity index is 381. The Kier molecular flexibility index (Phi) is 4.10. The van der Waals surface area contributed by atoms with E-state index in [9.17, 15) is 9.90 Å². The highest BCUT2D eigenvalue weighted by atomic mass is 16.4. The van der Waals surface area contributed by atoms with Crippen LogP contribution in [0.2, 0.25) is 0 Å². The van der Waals surface area contributed by atoms with Crippen LogP contribution in [0.25, 0.3) is 0 Å². The van der Waals surface area contributed by atoms with Crippen LogP contribution in [0.1, 0.15) is 49.4 Å². The van der Waals surface area contributed by atoms with Crippen molar-refractivity contribution < 1.29 is 9.90 Å². The van der Waals surface area contributed by atoms with Gasteiger partial charge in [-0.3, -0.25) is 4.68 Å². The highest BCUT2D eigenvalue weighted by Crippen LogP contribution is 2.17. The number of hydrogen-bond donors (Lipinski definition) is 1. The van der Waals surface area contributed by atoms with Crippen LogP contribution in [0, 0.1) is 5.92 Å². The molecule has 1 rings (SSSR count). The van der Waals surface area contributed by atoms with Gasteiger partial charge in [-0.25, -0.2) is 4.79 Å². The number of nitrogens with zero attached hydrogens (tertiary/aromatic N) is 2. The predicted molar refractivity (Wildman–Crippen MR) is 62.8 cm³/mol. The SMILES string of the molecule is CCc1nn(CC(C)C)c(CC)c1C(=O)O. The van der Waals surface area contributed by atoms with Crippen LogP contribution in [0.5, 0.6) is 0 Å². The zero-order chi connectivity index (χ0) is 12.3. The second-order valence-electron chi connectivity index (χ2n) is 4.36. The lowest BCUT2D eigenvalue weighted by molar-refractivity contribution is 0.0694. The van der Waals surface area contributed by atoms with E-state index < -0.39 is 5.97 Å². The van der Waals surface area contributed by atoms with E-state index in [4.69, 9.17) is 0 Å². The first-order valence-corrected chi connectivity index (χ1v) is 5.83. The third-order valence-electron chi connectivity index (χ3n) is 2.55. The van der Waals surface area contributed by atoms with Crippen molar-refractivity contribution in [1.29, 1.82) is 0 Å². The van der Waals surface area contributed by atoms with Gasteiger partial charge in [0.25, 0.3) is 0 Å². The van der Waals surface area contributed by atoms with Gasteiger partial charge >= 0.3 is 5.97 Å². The molecule has 16 heavy (non-hydrogen) atoms. The van der Waals surface area contributed by atoms with Gasteiger partial charge in [0.15, 0.2) is 0 Å². The Balaban J connectivity index is 3.24. The molecule has 0 aliphatic heterocycles. The molecule has 0 aliphatic rings. The maximum absolute atomic E-state index is 11.2. The largest absolute Gasteiger partial charge is 0.478 e. The van der Waals surface area contributed by atoms with E-state index in [-0.39, 0.29) is 0 Å². The quantitative estimate of drug-likeness (QED) is 0.835. The van der Waals surface area contributed by atoms with Crippen molar-refractivity contribution in [2.45, 2.75) is 47.1 Å². The summed E-state index contributed by atoms with van der Waals surface area (Å²) in [5, 5.41) is 13.6. The lowest BCUT2D eigenvalue weighted by atomic mass is 10.1.